The van der Waals surface area contributed by atoms with E-state index < -0.39 is 0 Å². The molecule has 13 heavy (non-hydrogen) atoms. The maximum absolute atomic E-state index is 2.58. The van der Waals surface area contributed by atoms with Crippen LogP contribution in [0.1, 0.15) is 26.7 Å². The SMILES string of the molecule is CCC1(CC)CN(CCN(C)C)C1. The third-order valence-electron chi connectivity index (χ3n) is 3.48. The van der Waals surface area contributed by atoms with Crippen molar-refractivity contribution in [1.29, 1.82) is 0 Å². The summed E-state index contributed by atoms with van der Waals surface area (Å²) in [6.45, 7) is 9.75. The van der Waals surface area contributed by atoms with Gasteiger partial charge in [0.15, 0.2) is 0 Å². The van der Waals surface area contributed by atoms with Crippen LogP contribution in [0.2, 0.25) is 0 Å². The highest BCUT2D eigenvalue weighted by atomic mass is 15.2. The maximum Gasteiger partial charge on any atom is 0.0110 e. The molecule has 0 radical (unpaired) electrons. The van der Waals surface area contributed by atoms with Gasteiger partial charge in [-0.2, -0.15) is 0 Å². The summed E-state index contributed by atoms with van der Waals surface area (Å²) < 4.78 is 0. The minimum absolute atomic E-state index is 0.673. The highest BCUT2D eigenvalue weighted by Crippen LogP contribution is 2.36. The zero-order chi connectivity index (χ0) is 9.90. The van der Waals surface area contributed by atoms with Crippen LogP contribution in [0.5, 0.6) is 0 Å². The fourth-order valence-electron chi connectivity index (χ4n) is 2.10. The number of hydrogen-bond acceptors (Lipinski definition) is 2. The minimum atomic E-state index is 0.673. The molecule has 1 rings (SSSR count). The van der Waals surface area contributed by atoms with Crippen LogP contribution in [-0.2, 0) is 0 Å². The zero-order valence-corrected chi connectivity index (χ0v) is 9.64. The van der Waals surface area contributed by atoms with Gasteiger partial charge in [-0.25, -0.2) is 0 Å². The Kier molecular flexibility index (Phi) is 3.74. The highest BCUT2D eigenvalue weighted by Gasteiger charge is 2.38. The third kappa shape index (κ3) is 2.68. The van der Waals surface area contributed by atoms with Crippen molar-refractivity contribution in [2.45, 2.75) is 26.7 Å². The molecule has 0 unspecified atom stereocenters. The van der Waals surface area contributed by atoms with E-state index in [1.165, 1.54) is 39.0 Å². The van der Waals surface area contributed by atoms with Gasteiger partial charge in [-0.1, -0.05) is 13.8 Å². The Morgan fingerprint density at radius 2 is 1.69 bits per heavy atom. The first-order chi connectivity index (χ1) is 6.12. The van der Waals surface area contributed by atoms with Gasteiger partial charge in [-0.3, -0.25) is 0 Å². The highest BCUT2D eigenvalue weighted by molar-refractivity contribution is 4.92. The number of nitrogens with zero attached hydrogens (tertiary/aromatic N) is 2. The molecule has 1 heterocycles. The lowest BCUT2D eigenvalue weighted by molar-refractivity contribution is -0.00879. The first-order valence-electron chi connectivity index (χ1n) is 5.49. The van der Waals surface area contributed by atoms with Crippen molar-refractivity contribution in [2.75, 3.05) is 40.3 Å². The lowest BCUT2D eigenvalue weighted by Gasteiger charge is -2.50. The van der Waals surface area contributed by atoms with Gasteiger partial charge in [0.1, 0.15) is 0 Å². The zero-order valence-electron chi connectivity index (χ0n) is 9.64. The van der Waals surface area contributed by atoms with E-state index in [0.717, 1.165) is 0 Å². The van der Waals surface area contributed by atoms with Crippen LogP contribution in [0.4, 0.5) is 0 Å². The predicted molar refractivity (Wildman–Crippen MR) is 58.0 cm³/mol. The summed E-state index contributed by atoms with van der Waals surface area (Å²) in [5.74, 6) is 0. The molecule has 0 aliphatic carbocycles. The van der Waals surface area contributed by atoms with Crippen molar-refractivity contribution in [3.8, 4) is 0 Å². The lowest BCUT2D eigenvalue weighted by atomic mass is 9.75. The smallest absolute Gasteiger partial charge is 0.0110 e. The fraction of sp³-hybridized carbons (Fsp3) is 1.00. The molecule has 0 bridgehead atoms. The van der Waals surface area contributed by atoms with Gasteiger partial charge in [0, 0.05) is 26.2 Å². The summed E-state index contributed by atoms with van der Waals surface area (Å²) in [5.41, 5.74) is 0.673. The van der Waals surface area contributed by atoms with Crippen molar-refractivity contribution in [2.24, 2.45) is 5.41 Å². The normalized spacial score (nSPS) is 21.9. The molecule has 0 aromatic heterocycles. The molecular formula is C11H24N2. The van der Waals surface area contributed by atoms with Gasteiger partial charge < -0.3 is 9.80 Å². The Balaban J connectivity index is 2.16. The Morgan fingerprint density at radius 3 is 2.08 bits per heavy atom. The van der Waals surface area contributed by atoms with Crippen molar-refractivity contribution < 1.29 is 0 Å². The van der Waals surface area contributed by atoms with E-state index in [-0.39, 0.29) is 0 Å². The molecule has 0 aromatic carbocycles. The first kappa shape index (κ1) is 11.0. The first-order valence-corrected chi connectivity index (χ1v) is 5.49. The van der Waals surface area contributed by atoms with Gasteiger partial charge >= 0.3 is 0 Å². The van der Waals surface area contributed by atoms with Gasteiger partial charge in [-0.05, 0) is 32.4 Å². The summed E-state index contributed by atoms with van der Waals surface area (Å²) >= 11 is 0. The molecule has 0 N–H and O–H groups in total. The Hall–Kier alpha value is -0.0800. The standard InChI is InChI=1S/C11H24N2/c1-5-11(6-2)9-13(10-11)8-7-12(3)4/h5-10H2,1-4H3. The van der Waals surface area contributed by atoms with Gasteiger partial charge in [0.25, 0.3) is 0 Å². The quantitative estimate of drug-likeness (QED) is 0.641. The van der Waals surface area contributed by atoms with Crippen LogP contribution in [0.15, 0.2) is 0 Å². The van der Waals surface area contributed by atoms with E-state index in [4.69, 9.17) is 0 Å². The molecule has 2 nitrogen and oxygen atoms in total. The number of likely N-dealkylation sites (tertiary alicyclic amines) is 1. The molecule has 78 valence electrons. The van der Waals surface area contributed by atoms with Gasteiger partial charge in [0.2, 0.25) is 0 Å². The average molecular weight is 184 g/mol. The topological polar surface area (TPSA) is 6.48 Å². The van der Waals surface area contributed by atoms with E-state index in [2.05, 4.69) is 37.7 Å². The second-order valence-corrected chi connectivity index (χ2v) is 4.72. The summed E-state index contributed by atoms with van der Waals surface area (Å²) in [5, 5.41) is 0. The molecule has 1 aliphatic rings. The lowest BCUT2D eigenvalue weighted by Crippen LogP contribution is -2.56. The number of likely N-dealkylation sites (N-methyl/N-ethyl adjacent to an activating group) is 1. The Labute approximate surface area is 82.9 Å². The van der Waals surface area contributed by atoms with Crippen LogP contribution >= 0.6 is 0 Å². The van der Waals surface area contributed by atoms with Crippen molar-refractivity contribution in [3.63, 3.8) is 0 Å². The predicted octanol–water partition coefficient (Wildman–Crippen LogP) is 1.67. The van der Waals surface area contributed by atoms with Crippen molar-refractivity contribution >= 4 is 0 Å². The molecule has 0 aromatic rings. The second-order valence-electron chi connectivity index (χ2n) is 4.72. The average Bonchev–Trinajstić information content (AvgIpc) is 2.03. The monoisotopic (exact) mass is 184 g/mol. The molecule has 0 atom stereocenters. The number of rotatable bonds is 5. The molecule has 1 fully saturated rings. The maximum atomic E-state index is 2.58. The van der Waals surface area contributed by atoms with Crippen LogP contribution < -0.4 is 0 Å². The van der Waals surface area contributed by atoms with E-state index in [1.54, 1.807) is 0 Å². The molecule has 0 spiro atoms. The Morgan fingerprint density at radius 1 is 1.15 bits per heavy atom. The largest absolute Gasteiger partial charge is 0.308 e. The molecular weight excluding hydrogens is 160 g/mol. The molecule has 1 saturated heterocycles. The second kappa shape index (κ2) is 4.43. The summed E-state index contributed by atoms with van der Waals surface area (Å²) in [6.07, 6.45) is 2.70. The summed E-state index contributed by atoms with van der Waals surface area (Å²) in [7, 11) is 4.29. The van der Waals surface area contributed by atoms with Crippen LogP contribution in [-0.4, -0.2) is 50.1 Å². The van der Waals surface area contributed by atoms with E-state index in [0.29, 0.717) is 5.41 Å². The Bertz CT molecular complexity index is 142. The van der Waals surface area contributed by atoms with E-state index in [1.807, 2.05) is 0 Å². The third-order valence-corrected chi connectivity index (χ3v) is 3.48. The van der Waals surface area contributed by atoms with E-state index >= 15 is 0 Å². The minimum Gasteiger partial charge on any atom is -0.308 e. The van der Waals surface area contributed by atoms with Crippen LogP contribution in [0, 0.1) is 5.41 Å². The van der Waals surface area contributed by atoms with Gasteiger partial charge in [-0.15, -0.1) is 0 Å². The molecule has 0 amide bonds. The van der Waals surface area contributed by atoms with Crippen LogP contribution in [0.3, 0.4) is 0 Å². The fourth-order valence-corrected chi connectivity index (χ4v) is 2.10. The van der Waals surface area contributed by atoms with Crippen LogP contribution in [0.25, 0.3) is 0 Å². The van der Waals surface area contributed by atoms with Gasteiger partial charge in [0.05, 0.1) is 0 Å². The summed E-state index contributed by atoms with van der Waals surface area (Å²) in [4.78, 5) is 4.84. The molecule has 2 heteroatoms. The molecule has 1 aliphatic heterocycles. The summed E-state index contributed by atoms with van der Waals surface area (Å²) in [6, 6.07) is 0. The van der Waals surface area contributed by atoms with Crippen molar-refractivity contribution in [1.82, 2.24) is 9.80 Å². The number of hydrogen-bond donors (Lipinski definition) is 0. The van der Waals surface area contributed by atoms with E-state index in [9.17, 15) is 0 Å². The molecule has 0 saturated carbocycles. The van der Waals surface area contributed by atoms with Crippen molar-refractivity contribution in [3.05, 3.63) is 0 Å².